The van der Waals surface area contributed by atoms with Gasteiger partial charge < -0.3 is 9.30 Å². The zero-order chi connectivity index (χ0) is 21.5. The molecule has 0 atom stereocenters. The average Bonchev–Trinajstić information content (AvgIpc) is 3.14. The number of aryl methyl sites for hydroxylation is 1. The third-order valence-corrected chi connectivity index (χ3v) is 5.15. The summed E-state index contributed by atoms with van der Waals surface area (Å²) in [4.78, 5) is 22.6. The molecular formula is C23H19FN5O2+. The maximum Gasteiger partial charge on any atom is 0.458 e. The fourth-order valence-electron chi connectivity index (χ4n) is 3.77. The van der Waals surface area contributed by atoms with Gasteiger partial charge >= 0.3 is 5.78 Å². The Morgan fingerprint density at radius 1 is 1.13 bits per heavy atom. The van der Waals surface area contributed by atoms with Gasteiger partial charge in [0.15, 0.2) is 11.2 Å². The highest BCUT2D eigenvalue weighted by Crippen LogP contribution is 2.26. The van der Waals surface area contributed by atoms with E-state index in [9.17, 15) is 9.18 Å². The highest BCUT2D eigenvalue weighted by Gasteiger charge is 2.24. The minimum Gasteiger partial charge on any atom is -0.497 e. The number of benzene rings is 2. The molecule has 5 rings (SSSR count). The first-order valence-electron chi connectivity index (χ1n) is 9.74. The van der Waals surface area contributed by atoms with Gasteiger partial charge in [0, 0.05) is 18.7 Å². The van der Waals surface area contributed by atoms with Gasteiger partial charge in [-0.05, 0) is 35.9 Å². The molecule has 0 aliphatic heterocycles. The van der Waals surface area contributed by atoms with Gasteiger partial charge in [-0.1, -0.05) is 34.2 Å². The first-order valence-corrected chi connectivity index (χ1v) is 9.74. The van der Waals surface area contributed by atoms with Crippen molar-refractivity contribution < 1.29 is 13.6 Å². The summed E-state index contributed by atoms with van der Waals surface area (Å²) < 4.78 is 22.3. The second-order valence-electron chi connectivity index (χ2n) is 7.28. The fraction of sp³-hybridized carbons (Fsp3) is 0.130. The smallest absolute Gasteiger partial charge is 0.458 e. The van der Waals surface area contributed by atoms with Crippen LogP contribution < -0.4 is 14.8 Å². The lowest BCUT2D eigenvalue weighted by molar-refractivity contribution is -0.567. The van der Waals surface area contributed by atoms with E-state index in [1.54, 1.807) is 40.6 Å². The monoisotopic (exact) mass is 416 g/mol. The summed E-state index contributed by atoms with van der Waals surface area (Å²) in [5, 5.41) is 3.60. The maximum atomic E-state index is 13.6. The van der Waals surface area contributed by atoms with Crippen LogP contribution in [0.1, 0.15) is 11.4 Å². The standard InChI is InChI=1S/C23H18FN5O2/c1-14-25-23-26-19-9-10-28(13-15-5-3-7-17(24)11-15)22(30)20(19)21(29(23)27-14)16-6-4-8-18(12-16)31-2/h3-12H,13H2,1-2H3/p+1. The van der Waals surface area contributed by atoms with E-state index < -0.39 is 0 Å². The summed E-state index contributed by atoms with van der Waals surface area (Å²) in [6.45, 7) is 2.08. The van der Waals surface area contributed by atoms with E-state index in [2.05, 4.69) is 15.1 Å². The number of nitrogens with one attached hydrogen (secondary N) is 1. The van der Waals surface area contributed by atoms with Crippen molar-refractivity contribution >= 4 is 16.7 Å². The number of hydrogen-bond acceptors (Lipinski definition) is 4. The molecule has 2 aromatic carbocycles. The fourth-order valence-corrected chi connectivity index (χ4v) is 3.77. The third kappa shape index (κ3) is 3.31. The van der Waals surface area contributed by atoms with Crippen molar-refractivity contribution in [3.8, 4) is 17.0 Å². The first-order chi connectivity index (χ1) is 15.0. The van der Waals surface area contributed by atoms with E-state index >= 15 is 0 Å². The quantitative estimate of drug-likeness (QED) is 0.457. The van der Waals surface area contributed by atoms with Crippen LogP contribution in [-0.2, 0) is 6.54 Å². The largest absolute Gasteiger partial charge is 0.497 e. The van der Waals surface area contributed by atoms with E-state index in [0.717, 1.165) is 5.56 Å². The summed E-state index contributed by atoms with van der Waals surface area (Å²) in [5.74, 6) is 1.47. The zero-order valence-electron chi connectivity index (χ0n) is 17.0. The van der Waals surface area contributed by atoms with E-state index in [0.29, 0.717) is 39.5 Å². The van der Waals surface area contributed by atoms with Crippen LogP contribution in [0.25, 0.3) is 27.9 Å². The van der Waals surface area contributed by atoms with Crippen LogP contribution in [-0.4, -0.2) is 26.7 Å². The highest BCUT2D eigenvalue weighted by molar-refractivity contribution is 5.90. The Balaban J connectivity index is 1.81. The molecular weight excluding hydrogens is 397 g/mol. The van der Waals surface area contributed by atoms with Gasteiger partial charge in [-0.3, -0.25) is 4.79 Å². The molecule has 154 valence electrons. The van der Waals surface area contributed by atoms with Gasteiger partial charge in [0.1, 0.15) is 17.0 Å². The number of aromatic amines is 1. The van der Waals surface area contributed by atoms with Crippen LogP contribution in [0.3, 0.4) is 0 Å². The molecule has 1 N–H and O–H groups in total. The molecule has 0 unspecified atom stereocenters. The molecule has 0 spiro atoms. The number of H-pyrrole nitrogens is 1. The number of pyridine rings is 1. The van der Waals surface area contributed by atoms with Crippen molar-refractivity contribution in [3.63, 3.8) is 0 Å². The Hall–Kier alpha value is -4.07. The zero-order valence-corrected chi connectivity index (χ0v) is 17.0. The van der Waals surface area contributed by atoms with Gasteiger partial charge in [0.2, 0.25) is 5.82 Å². The Morgan fingerprint density at radius 2 is 1.97 bits per heavy atom. The van der Waals surface area contributed by atoms with Gasteiger partial charge in [0.05, 0.1) is 13.7 Å². The highest BCUT2D eigenvalue weighted by atomic mass is 19.1. The van der Waals surface area contributed by atoms with Crippen molar-refractivity contribution in [2.75, 3.05) is 7.11 Å². The molecule has 0 aliphatic rings. The minimum absolute atomic E-state index is 0.228. The van der Waals surface area contributed by atoms with Crippen LogP contribution in [0.5, 0.6) is 5.75 Å². The molecule has 0 bridgehead atoms. The molecule has 8 heteroatoms. The molecule has 0 fully saturated rings. The van der Waals surface area contributed by atoms with Crippen LogP contribution in [0.2, 0.25) is 0 Å². The van der Waals surface area contributed by atoms with Crippen molar-refractivity contribution in [3.05, 3.63) is 88.4 Å². The molecule has 3 aromatic heterocycles. The molecule has 5 aromatic rings. The lowest BCUT2D eigenvalue weighted by Crippen LogP contribution is -2.32. The number of fused-ring (bicyclic) bond motifs is 2. The number of aromatic nitrogens is 5. The number of halogens is 1. The molecule has 0 saturated heterocycles. The number of nitrogens with zero attached hydrogens (tertiary/aromatic N) is 4. The summed E-state index contributed by atoms with van der Waals surface area (Å²) in [7, 11) is 1.60. The van der Waals surface area contributed by atoms with E-state index in [4.69, 9.17) is 4.74 Å². The maximum absolute atomic E-state index is 13.6. The number of ether oxygens (including phenoxy) is 1. The molecule has 7 nitrogen and oxygen atoms in total. The summed E-state index contributed by atoms with van der Waals surface area (Å²) in [6.07, 6.45) is 1.67. The topological polar surface area (TPSA) is 76.9 Å². The van der Waals surface area contributed by atoms with Crippen molar-refractivity contribution in [2.24, 2.45) is 0 Å². The number of rotatable bonds is 4. The molecule has 0 aliphatic carbocycles. The van der Waals surface area contributed by atoms with Gasteiger partial charge in [-0.2, -0.15) is 0 Å². The second kappa shape index (κ2) is 7.32. The molecule has 0 amide bonds. The van der Waals surface area contributed by atoms with Crippen molar-refractivity contribution in [1.82, 2.24) is 19.6 Å². The van der Waals surface area contributed by atoms with Crippen LogP contribution in [0.4, 0.5) is 4.39 Å². The SMILES string of the molecule is COc1cccc(-c2c3c(=O)n(Cc4cccc(F)c4)ccc3nc3nc(C)[nH][n+]23)c1. The number of hydrogen-bond donors (Lipinski definition) is 1. The third-order valence-electron chi connectivity index (χ3n) is 5.15. The van der Waals surface area contributed by atoms with Crippen LogP contribution in [0, 0.1) is 12.7 Å². The van der Waals surface area contributed by atoms with E-state index in [1.165, 1.54) is 12.1 Å². The normalized spacial score (nSPS) is 11.3. The molecule has 0 radical (unpaired) electrons. The van der Waals surface area contributed by atoms with Crippen LogP contribution in [0.15, 0.2) is 65.6 Å². The second-order valence-corrected chi connectivity index (χ2v) is 7.28. The predicted molar refractivity (Wildman–Crippen MR) is 114 cm³/mol. The lowest BCUT2D eigenvalue weighted by Gasteiger charge is -2.09. The molecule has 0 saturated carbocycles. The molecule has 31 heavy (non-hydrogen) atoms. The van der Waals surface area contributed by atoms with Crippen LogP contribution >= 0.6 is 0 Å². The van der Waals surface area contributed by atoms with Crippen molar-refractivity contribution in [1.29, 1.82) is 0 Å². The van der Waals surface area contributed by atoms with E-state index in [-0.39, 0.29) is 17.9 Å². The predicted octanol–water partition coefficient (Wildman–Crippen LogP) is 3.03. The average molecular weight is 416 g/mol. The van der Waals surface area contributed by atoms with Gasteiger partial charge in [-0.15, -0.1) is 4.52 Å². The lowest BCUT2D eigenvalue weighted by atomic mass is 10.1. The Morgan fingerprint density at radius 3 is 2.77 bits per heavy atom. The summed E-state index contributed by atoms with van der Waals surface area (Å²) >= 11 is 0. The van der Waals surface area contributed by atoms with Crippen molar-refractivity contribution in [2.45, 2.75) is 13.5 Å². The Bertz CT molecular complexity index is 1510. The minimum atomic E-state index is -0.338. The first kappa shape index (κ1) is 18.9. The Labute approximate surface area is 176 Å². The number of methoxy groups -OCH3 is 1. The van der Waals surface area contributed by atoms with E-state index in [1.807, 2.05) is 31.2 Å². The molecule has 3 heterocycles. The van der Waals surface area contributed by atoms with Gasteiger partial charge in [-0.25, -0.2) is 9.49 Å². The summed E-state index contributed by atoms with van der Waals surface area (Å²) in [6, 6.07) is 15.5. The van der Waals surface area contributed by atoms with Gasteiger partial charge in [0.25, 0.3) is 5.56 Å². The summed E-state index contributed by atoms with van der Waals surface area (Å²) in [5.41, 5.74) is 2.42. The Kier molecular flexibility index (Phi) is 4.47.